The molecule has 0 aliphatic carbocycles. The summed E-state index contributed by atoms with van der Waals surface area (Å²) in [5, 5.41) is 14.2. The first kappa shape index (κ1) is 17.2. The molecule has 1 aromatic heterocycles. The van der Waals surface area contributed by atoms with Crippen LogP contribution in [0.3, 0.4) is 0 Å². The van der Waals surface area contributed by atoms with Crippen LogP contribution in [-0.2, 0) is 6.54 Å². The van der Waals surface area contributed by atoms with Crippen molar-refractivity contribution < 1.29 is 19.4 Å². The fraction of sp³-hybridized carbons (Fsp3) is 0.158. The molecule has 0 spiro atoms. The Hall–Kier alpha value is -3.19. The maximum atomic E-state index is 11.1. The molecule has 0 radical (unpaired) electrons. The molecule has 0 fully saturated rings. The van der Waals surface area contributed by atoms with Gasteiger partial charge in [-0.15, -0.1) is 0 Å². The quantitative estimate of drug-likeness (QED) is 0.733. The SMILES string of the molecule is CN(Cc1cc(-n2ccc(-c3ccc4c(c3)OCO4)n2)ccc1Cl)C(=O)O. The highest BCUT2D eigenvalue weighted by atomic mass is 35.5. The average Bonchev–Trinajstić information content (AvgIpc) is 3.32. The number of carboxylic acid groups (broad SMARTS) is 1. The molecule has 138 valence electrons. The fourth-order valence-corrected chi connectivity index (χ4v) is 3.00. The molecule has 4 rings (SSSR count). The van der Waals surface area contributed by atoms with Crippen molar-refractivity contribution in [3.05, 3.63) is 59.2 Å². The minimum Gasteiger partial charge on any atom is -0.465 e. The van der Waals surface area contributed by atoms with E-state index in [2.05, 4.69) is 5.10 Å². The zero-order chi connectivity index (χ0) is 19.0. The molecule has 27 heavy (non-hydrogen) atoms. The van der Waals surface area contributed by atoms with E-state index in [0.717, 1.165) is 22.7 Å². The minimum atomic E-state index is -1.01. The lowest BCUT2D eigenvalue weighted by Crippen LogP contribution is -2.24. The third kappa shape index (κ3) is 3.41. The van der Waals surface area contributed by atoms with E-state index in [-0.39, 0.29) is 13.3 Å². The first-order valence-corrected chi connectivity index (χ1v) is 8.57. The maximum Gasteiger partial charge on any atom is 0.407 e. The van der Waals surface area contributed by atoms with E-state index in [1.165, 1.54) is 11.9 Å². The Morgan fingerprint density at radius 2 is 2.04 bits per heavy atom. The molecule has 2 aromatic carbocycles. The second-order valence-electron chi connectivity index (χ2n) is 6.13. The highest BCUT2D eigenvalue weighted by Crippen LogP contribution is 2.35. The van der Waals surface area contributed by atoms with Gasteiger partial charge in [-0.2, -0.15) is 5.10 Å². The van der Waals surface area contributed by atoms with Crippen molar-refractivity contribution in [1.82, 2.24) is 14.7 Å². The lowest BCUT2D eigenvalue weighted by molar-refractivity contribution is 0.154. The Balaban J connectivity index is 1.62. The number of fused-ring (bicyclic) bond motifs is 1. The van der Waals surface area contributed by atoms with Gasteiger partial charge in [-0.25, -0.2) is 9.48 Å². The predicted molar refractivity (Wildman–Crippen MR) is 99.6 cm³/mol. The van der Waals surface area contributed by atoms with Crippen LogP contribution in [0.1, 0.15) is 5.56 Å². The van der Waals surface area contributed by atoms with Gasteiger partial charge in [-0.3, -0.25) is 0 Å². The van der Waals surface area contributed by atoms with Gasteiger partial charge in [0.1, 0.15) is 0 Å². The van der Waals surface area contributed by atoms with Crippen LogP contribution in [-0.4, -0.2) is 39.7 Å². The Bertz CT molecular complexity index is 1020. The Labute approximate surface area is 160 Å². The summed E-state index contributed by atoms with van der Waals surface area (Å²) in [6, 6.07) is 13.0. The van der Waals surface area contributed by atoms with Crippen LogP contribution in [0.25, 0.3) is 16.9 Å². The van der Waals surface area contributed by atoms with Crippen molar-refractivity contribution in [2.75, 3.05) is 13.8 Å². The van der Waals surface area contributed by atoms with Crippen LogP contribution in [0.4, 0.5) is 4.79 Å². The second-order valence-corrected chi connectivity index (χ2v) is 6.54. The van der Waals surface area contributed by atoms with Gasteiger partial charge in [0.05, 0.1) is 17.9 Å². The highest BCUT2D eigenvalue weighted by Gasteiger charge is 2.15. The van der Waals surface area contributed by atoms with E-state index in [9.17, 15) is 4.79 Å². The fourth-order valence-electron chi connectivity index (χ4n) is 2.83. The van der Waals surface area contributed by atoms with Gasteiger partial charge in [0.25, 0.3) is 0 Å². The summed E-state index contributed by atoms with van der Waals surface area (Å²) in [6.07, 6.45) is 0.828. The first-order valence-electron chi connectivity index (χ1n) is 8.20. The van der Waals surface area contributed by atoms with Crippen molar-refractivity contribution >= 4 is 17.7 Å². The van der Waals surface area contributed by atoms with Crippen LogP contribution in [0, 0.1) is 0 Å². The number of ether oxygens (including phenoxy) is 2. The first-order chi connectivity index (χ1) is 13.0. The minimum absolute atomic E-state index is 0.193. The van der Waals surface area contributed by atoms with Crippen LogP contribution >= 0.6 is 11.6 Å². The molecule has 1 amide bonds. The molecule has 0 unspecified atom stereocenters. The molecule has 0 saturated heterocycles. The molecule has 0 atom stereocenters. The van der Waals surface area contributed by atoms with E-state index in [1.807, 2.05) is 42.6 Å². The van der Waals surface area contributed by atoms with Crippen LogP contribution < -0.4 is 9.47 Å². The molecule has 3 aromatic rings. The average molecular weight is 386 g/mol. The highest BCUT2D eigenvalue weighted by molar-refractivity contribution is 6.31. The van der Waals surface area contributed by atoms with Gasteiger partial charge in [0, 0.05) is 23.8 Å². The summed E-state index contributed by atoms with van der Waals surface area (Å²) in [4.78, 5) is 12.2. The molecule has 1 N–H and O–H groups in total. The number of nitrogens with zero attached hydrogens (tertiary/aromatic N) is 3. The molecular formula is C19H16ClN3O4. The van der Waals surface area contributed by atoms with Gasteiger partial charge >= 0.3 is 6.09 Å². The van der Waals surface area contributed by atoms with Crippen molar-refractivity contribution in [2.45, 2.75) is 6.54 Å². The van der Waals surface area contributed by atoms with Crippen molar-refractivity contribution in [3.63, 3.8) is 0 Å². The van der Waals surface area contributed by atoms with Crippen molar-refractivity contribution in [2.24, 2.45) is 0 Å². The summed E-state index contributed by atoms with van der Waals surface area (Å²) >= 11 is 6.21. The zero-order valence-electron chi connectivity index (χ0n) is 14.4. The van der Waals surface area contributed by atoms with E-state index >= 15 is 0 Å². The number of carbonyl (C=O) groups is 1. The number of rotatable bonds is 4. The predicted octanol–water partition coefficient (Wildman–Crippen LogP) is 4.03. The monoisotopic (exact) mass is 385 g/mol. The van der Waals surface area contributed by atoms with Crippen molar-refractivity contribution in [1.29, 1.82) is 0 Å². The second kappa shape index (κ2) is 6.85. The molecule has 0 bridgehead atoms. The summed E-state index contributed by atoms with van der Waals surface area (Å²) in [5.41, 5.74) is 3.20. The van der Waals surface area contributed by atoms with Gasteiger partial charge in [0.2, 0.25) is 6.79 Å². The van der Waals surface area contributed by atoms with E-state index < -0.39 is 6.09 Å². The van der Waals surface area contributed by atoms with Crippen molar-refractivity contribution in [3.8, 4) is 28.4 Å². The smallest absolute Gasteiger partial charge is 0.407 e. The largest absolute Gasteiger partial charge is 0.465 e. The van der Waals surface area contributed by atoms with Gasteiger partial charge in [-0.1, -0.05) is 11.6 Å². The maximum absolute atomic E-state index is 11.1. The third-order valence-corrected chi connectivity index (χ3v) is 4.65. The molecule has 0 saturated carbocycles. The summed E-state index contributed by atoms with van der Waals surface area (Å²) < 4.78 is 12.5. The summed E-state index contributed by atoms with van der Waals surface area (Å²) in [5.74, 6) is 1.43. The number of benzene rings is 2. The van der Waals surface area contributed by atoms with Gasteiger partial charge in [-0.05, 0) is 48.0 Å². The molecule has 2 heterocycles. The number of amides is 1. The number of hydrogen-bond donors (Lipinski definition) is 1. The zero-order valence-corrected chi connectivity index (χ0v) is 15.2. The number of halogens is 1. The topological polar surface area (TPSA) is 76.8 Å². The summed E-state index contributed by atoms with van der Waals surface area (Å²) in [6.45, 7) is 0.420. The lowest BCUT2D eigenvalue weighted by atomic mass is 10.1. The number of aromatic nitrogens is 2. The molecule has 8 heteroatoms. The molecule has 1 aliphatic heterocycles. The van der Waals surface area contributed by atoms with Crippen LogP contribution in [0.2, 0.25) is 5.02 Å². The molecule has 1 aliphatic rings. The Morgan fingerprint density at radius 3 is 2.85 bits per heavy atom. The Morgan fingerprint density at radius 1 is 1.22 bits per heavy atom. The standard InChI is InChI=1S/C19H16ClN3O4/c1-22(19(24)25)10-13-8-14(3-4-15(13)20)23-7-6-16(21-23)12-2-5-17-18(9-12)27-11-26-17/h2-9H,10-11H2,1H3,(H,24,25). The lowest BCUT2D eigenvalue weighted by Gasteiger charge is -2.15. The Kier molecular flexibility index (Phi) is 4.37. The van der Waals surface area contributed by atoms with Gasteiger partial charge in [0.15, 0.2) is 11.5 Å². The summed E-state index contributed by atoms with van der Waals surface area (Å²) in [7, 11) is 1.50. The number of hydrogen-bond acceptors (Lipinski definition) is 4. The van der Waals surface area contributed by atoms with Crippen LogP contribution in [0.15, 0.2) is 48.7 Å². The van der Waals surface area contributed by atoms with E-state index in [4.69, 9.17) is 26.2 Å². The third-order valence-electron chi connectivity index (χ3n) is 4.29. The van der Waals surface area contributed by atoms with E-state index in [0.29, 0.717) is 16.3 Å². The van der Waals surface area contributed by atoms with E-state index in [1.54, 1.807) is 10.7 Å². The van der Waals surface area contributed by atoms with Crippen LogP contribution in [0.5, 0.6) is 11.5 Å². The molecule has 7 nitrogen and oxygen atoms in total. The van der Waals surface area contributed by atoms with Gasteiger partial charge < -0.3 is 19.5 Å². The normalized spacial score (nSPS) is 12.2. The molecular weight excluding hydrogens is 370 g/mol.